The zero-order chi connectivity index (χ0) is 25.4. The number of rotatable bonds is 6. The van der Waals surface area contributed by atoms with Crippen LogP contribution in [0.2, 0.25) is 0 Å². The first-order valence-electron chi connectivity index (χ1n) is 12.2. The molecule has 11 heteroatoms. The number of piperazine rings is 1. The number of aromatic nitrogens is 4. The highest BCUT2D eigenvalue weighted by Gasteiger charge is 2.36. The molecule has 11 nitrogen and oxygen atoms in total. The van der Waals surface area contributed by atoms with E-state index in [-0.39, 0.29) is 23.9 Å². The molecule has 1 N–H and O–H groups in total. The summed E-state index contributed by atoms with van der Waals surface area (Å²) in [6, 6.07) is 9.31. The quantitative estimate of drug-likeness (QED) is 0.556. The Morgan fingerprint density at radius 1 is 1.03 bits per heavy atom. The van der Waals surface area contributed by atoms with Crippen LogP contribution in [0.1, 0.15) is 55.7 Å². The third-order valence-corrected chi connectivity index (χ3v) is 6.62. The van der Waals surface area contributed by atoms with Crippen LogP contribution in [0.15, 0.2) is 34.9 Å². The van der Waals surface area contributed by atoms with Gasteiger partial charge in [-0.15, -0.1) is 0 Å². The smallest absolute Gasteiger partial charge is 0.273 e. The van der Waals surface area contributed by atoms with Gasteiger partial charge >= 0.3 is 0 Å². The van der Waals surface area contributed by atoms with Gasteiger partial charge in [0.05, 0.1) is 6.54 Å². The first-order valence-corrected chi connectivity index (χ1v) is 12.2. The first-order chi connectivity index (χ1) is 17.3. The van der Waals surface area contributed by atoms with Gasteiger partial charge in [0, 0.05) is 50.3 Å². The number of nitrogens with zero attached hydrogens (tertiary/aromatic N) is 7. The third kappa shape index (κ3) is 4.48. The van der Waals surface area contributed by atoms with Crippen LogP contribution in [0.3, 0.4) is 0 Å². The fourth-order valence-corrected chi connectivity index (χ4v) is 4.46. The monoisotopic (exact) mass is 490 g/mol. The summed E-state index contributed by atoms with van der Waals surface area (Å²) >= 11 is 0. The summed E-state index contributed by atoms with van der Waals surface area (Å²) in [5.74, 6) is 1.93. The van der Waals surface area contributed by atoms with Gasteiger partial charge < -0.3 is 24.5 Å². The zero-order valence-electron chi connectivity index (χ0n) is 20.9. The minimum atomic E-state index is -0.348. The molecule has 5 rings (SSSR count). The predicted molar refractivity (Wildman–Crippen MR) is 133 cm³/mol. The lowest BCUT2D eigenvalue weighted by atomic mass is 10.2. The molecule has 2 aliphatic rings. The third-order valence-electron chi connectivity index (χ3n) is 6.62. The van der Waals surface area contributed by atoms with Crippen molar-refractivity contribution in [1.82, 2.24) is 29.9 Å². The van der Waals surface area contributed by atoms with E-state index in [4.69, 9.17) is 9.51 Å². The summed E-state index contributed by atoms with van der Waals surface area (Å²) in [4.78, 5) is 44.6. The zero-order valence-corrected chi connectivity index (χ0v) is 20.9. The number of fused-ring (bicyclic) bond motifs is 1. The van der Waals surface area contributed by atoms with Gasteiger partial charge in [0.25, 0.3) is 5.91 Å². The highest BCUT2D eigenvalue weighted by atomic mass is 16.5. The van der Waals surface area contributed by atoms with Crippen molar-refractivity contribution in [3.8, 4) is 11.4 Å². The van der Waals surface area contributed by atoms with Crippen LogP contribution >= 0.6 is 0 Å². The van der Waals surface area contributed by atoms with Gasteiger partial charge in [-0.1, -0.05) is 35.5 Å². The van der Waals surface area contributed by atoms with Crippen LogP contribution in [0, 0.1) is 0 Å². The average molecular weight is 491 g/mol. The first kappa shape index (κ1) is 23.7. The molecule has 3 aromatic rings. The van der Waals surface area contributed by atoms with E-state index in [0.717, 1.165) is 11.1 Å². The van der Waals surface area contributed by atoms with Crippen LogP contribution in [0.4, 0.5) is 11.8 Å². The number of anilines is 2. The summed E-state index contributed by atoms with van der Waals surface area (Å²) in [5, 5.41) is 7.51. The van der Waals surface area contributed by atoms with Crippen LogP contribution in [-0.4, -0.2) is 73.9 Å². The Morgan fingerprint density at radius 3 is 2.42 bits per heavy atom. The summed E-state index contributed by atoms with van der Waals surface area (Å²) in [6.07, 6.45) is 0. The SMILES string of the molecule is CC(=O)N1CCN(c2nc(NC(C)c3nc(-c4ccccc4)no3)c3c(n2)C(=O)N(C(C)C)C3)CC1. The molecule has 36 heavy (non-hydrogen) atoms. The number of carbonyl (C=O) groups excluding carboxylic acids is 2. The van der Waals surface area contributed by atoms with Crippen molar-refractivity contribution in [3.63, 3.8) is 0 Å². The Bertz CT molecular complexity index is 1270. The molecule has 0 saturated carbocycles. The molecular formula is C25H30N8O3. The Morgan fingerprint density at radius 2 is 1.75 bits per heavy atom. The molecule has 2 aliphatic heterocycles. The van der Waals surface area contributed by atoms with E-state index >= 15 is 0 Å². The highest BCUT2D eigenvalue weighted by molar-refractivity contribution is 5.98. The van der Waals surface area contributed by atoms with Crippen LogP contribution in [-0.2, 0) is 11.3 Å². The maximum absolute atomic E-state index is 13.2. The van der Waals surface area contributed by atoms with E-state index in [9.17, 15) is 9.59 Å². The maximum Gasteiger partial charge on any atom is 0.273 e. The Kier molecular flexibility index (Phi) is 6.29. The Balaban J connectivity index is 1.43. The molecule has 1 fully saturated rings. The molecule has 0 bridgehead atoms. The van der Waals surface area contributed by atoms with Gasteiger partial charge in [0.2, 0.25) is 23.6 Å². The normalized spacial score (nSPS) is 16.5. The number of amides is 2. The lowest BCUT2D eigenvalue weighted by Gasteiger charge is -2.34. The summed E-state index contributed by atoms with van der Waals surface area (Å²) < 4.78 is 5.54. The Labute approximate surface area is 209 Å². The second-order valence-electron chi connectivity index (χ2n) is 9.41. The molecule has 1 atom stereocenters. The van der Waals surface area contributed by atoms with Crippen molar-refractivity contribution in [2.24, 2.45) is 0 Å². The minimum absolute atomic E-state index is 0.0314. The van der Waals surface area contributed by atoms with Gasteiger partial charge in [-0.2, -0.15) is 9.97 Å². The molecule has 2 amide bonds. The topological polar surface area (TPSA) is 121 Å². The van der Waals surface area contributed by atoms with E-state index in [1.165, 1.54) is 0 Å². The number of carbonyl (C=O) groups is 2. The van der Waals surface area contributed by atoms with Gasteiger partial charge in [-0.3, -0.25) is 9.59 Å². The molecule has 1 saturated heterocycles. The van der Waals surface area contributed by atoms with Crippen molar-refractivity contribution in [1.29, 1.82) is 0 Å². The fraction of sp³-hybridized carbons (Fsp3) is 0.440. The second-order valence-corrected chi connectivity index (χ2v) is 9.41. The van der Waals surface area contributed by atoms with Gasteiger partial charge in [0.15, 0.2) is 0 Å². The fourth-order valence-electron chi connectivity index (χ4n) is 4.46. The van der Waals surface area contributed by atoms with E-state index in [0.29, 0.717) is 61.9 Å². The molecule has 2 aromatic heterocycles. The summed E-state index contributed by atoms with van der Waals surface area (Å²) in [7, 11) is 0. The molecular weight excluding hydrogens is 460 g/mol. The summed E-state index contributed by atoms with van der Waals surface area (Å²) in [6.45, 7) is 10.3. The predicted octanol–water partition coefficient (Wildman–Crippen LogP) is 2.73. The highest BCUT2D eigenvalue weighted by Crippen LogP contribution is 2.32. The van der Waals surface area contributed by atoms with Crippen LogP contribution in [0.5, 0.6) is 0 Å². The van der Waals surface area contributed by atoms with Gasteiger partial charge in [-0.25, -0.2) is 4.98 Å². The number of hydrogen-bond acceptors (Lipinski definition) is 9. The molecule has 1 unspecified atom stereocenters. The number of benzene rings is 1. The second kappa shape index (κ2) is 9.56. The van der Waals surface area contributed by atoms with Gasteiger partial charge in [0.1, 0.15) is 17.6 Å². The number of hydrogen-bond donors (Lipinski definition) is 1. The lowest BCUT2D eigenvalue weighted by molar-refractivity contribution is -0.129. The molecule has 188 valence electrons. The van der Waals surface area contributed by atoms with Crippen molar-refractivity contribution in [3.05, 3.63) is 47.5 Å². The summed E-state index contributed by atoms with van der Waals surface area (Å²) in [5.41, 5.74) is 2.04. The molecule has 0 radical (unpaired) electrons. The molecule has 0 aliphatic carbocycles. The van der Waals surface area contributed by atoms with Crippen molar-refractivity contribution >= 4 is 23.6 Å². The van der Waals surface area contributed by atoms with E-state index in [2.05, 4.69) is 20.4 Å². The largest absolute Gasteiger partial charge is 0.358 e. The maximum atomic E-state index is 13.2. The average Bonchev–Trinajstić information content (AvgIpc) is 3.50. The molecule has 0 spiro atoms. The van der Waals surface area contributed by atoms with E-state index in [1.54, 1.807) is 16.7 Å². The Hall–Kier alpha value is -4.02. The minimum Gasteiger partial charge on any atom is -0.358 e. The molecule has 1 aromatic carbocycles. The van der Waals surface area contributed by atoms with Crippen molar-refractivity contribution in [2.75, 3.05) is 36.4 Å². The van der Waals surface area contributed by atoms with E-state index in [1.807, 2.05) is 56.0 Å². The van der Waals surface area contributed by atoms with Crippen molar-refractivity contribution in [2.45, 2.75) is 46.3 Å². The van der Waals surface area contributed by atoms with Gasteiger partial charge in [-0.05, 0) is 20.8 Å². The standard InChI is InChI=1S/C25H30N8O3/c1-15(2)33-14-19-20(24(33)35)27-25(32-12-10-31(11-13-32)17(4)34)29-22(19)26-16(3)23-28-21(30-36-23)18-8-6-5-7-9-18/h5-9,15-16H,10-14H2,1-4H3,(H,26,27,29). The van der Waals surface area contributed by atoms with E-state index < -0.39 is 0 Å². The lowest BCUT2D eigenvalue weighted by Crippen LogP contribution is -2.48. The van der Waals surface area contributed by atoms with Crippen LogP contribution in [0.25, 0.3) is 11.4 Å². The van der Waals surface area contributed by atoms with Crippen molar-refractivity contribution < 1.29 is 14.1 Å². The molecule has 4 heterocycles. The number of nitrogens with one attached hydrogen (secondary N) is 1. The van der Waals surface area contributed by atoms with Crippen LogP contribution < -0.4 is 10.2 Å².